The van der Waals surface area contributed by atoms with Crippen LogP contribution in [0.5, 0.6) is 0 Å². The zero-order valence-electron chi connectivity index (χ0n) is 16.5. The normalized spacial score (nSPS) is 20.6. The van der Waals surface area contributed by atoms with Gasteiger partial charge in [-0.2, -0.15) is 4.98 Å². The molecule has 4 heterocycles. The van der Waals surface area contributed by atoms with Crippen LogP contribution in [0.1, 0.15) is 32.3 Å². The minimum Gasteiger partial charge on any atom is -0.352 e. The van der Waals surface area contributed by atoms with Crippen LogP contribution in [0.15, 0.2) is 30.6 Å². The van der Waals surface area contributed by atoms with E-state index in [2.05, 4.69) is 30.6 Å². The molecule has 9 nitrogen and oxygen atoms in total. The second kappa shape index (κ2) is 6.41. The van der Waals surface area contributed by atoms with Gasteiger partial charge < -0.3 is 21.3 Å². The highest BCUT2D eigenvalue weighted by Gasteiger charge is 2.38. The number of carbonyl (C=O) groups excluding carboxylic acids is 1. The van der Waals surface area contributed by atoms with E-state index in [9.17, 15) is 4.79 Å². The first-order valence-electron chi connectivity index (χ1n) is 9.87. The molecule has 2 aromatic heterocycles. The van der Waals surface area contributed by atoms with Crippen LogP contribution in [-0.4, -0.2) is 44.6 Å². The summed E-state index contributed by atoms with van der Waals surface area (Å²) in [6, 6.07) is 5.97. The predicted molar refractivity (Wildman–Crippen MR) is 112 cm³/mol. The van der Waals surface area contributed by atoms with Crippen molar-refractivity contribution < 1.29 is 4.79 Å². The highest BCUT2D eigenvalue weighted by Crippen LogP contribution is 2.39. The van der Waals surface area contributed by atoms with Crippen molar-refractivity contribution in [1.29, 1.82) is 0 Å². The van der Waals surface area contributed by atoms with E-state index < -0.39 is 5.41 Å². The Morgan fingerprint density at radius 2 is 2.21 bits per heavy atom. The number of amides is 1. The highest BCUT2D eigenvalue weighted by molar-refractivity contribution is 6.06. The van der Waals surface area contributed by atoms with Gasteiger partial charge in [0.1, 0.15) is 0 Å². The predicted octanol–water partition coefficient (Wildman–Crippen LogP) is 2.03. The molecule has 0 spiro atoms. The number of carbonyl (C=O) groups is 1. The second-order valence-corrected chi connectivity index (χ2v) is 8.27. The molecule has 5 rings (SSSR count). The monoisotopic (exact) mass is 392 g/mol. The molecule has 0 radical (unpaired) electrons. The van der Waals surface area contributed by atoms with Crippen LogP contribution in [0.25, 0.3) is 5.65 Å². The Bertz CT molecular complexity index is 1110. The summed E-state index contributed by atoms with van der Waals surface area (Å²) in [5.41, 5.74) is 8.92. The molecule has 4 N–H and O–H groups in total. The number of rotatable bonds is 3. The third kappa shape index (κ3) is 2.98. The molecule has 1 saturated heterocycles. The van der Waals surface area contributed by atoms with E-state index in [4.69, 9.17) is 5.73 Å². The highest BCUT2D eigenvalue weighted by atomic mass is 16.2. The Labute approximate surface area is 168 Å². The maximum absolute atomic E-state index is 12.2. The summed E-state index contributed by atoms with van der Waals surface area (Å²) in [6.45, 7) is 5.52. The van der Waals surface area contributed by atoms with Crippen molar-refractivity contribution in [3.05, 3.63) is 36.2 Å². The number of piperidine rings is 1. The van der Waals surface area contributed by atoms with Gasteiger partial charge in [-0.3, -0.25) is 4.79 Å². The van der Waals surface area contributed by atoms with E-state index in [1.165, 1.54) is 0 Å². The van der Waals surface area contributed by atoms with Crippen LogP contribution in [0.3, 0.4) is 0 Å². The van der Waals surface area contributed by atoms with Gasteiger partial charge in [0.05, 0.1) is 5.41 Å². The summed E-state index contributed by atoms with van der Waals surface area (Å²) in [6.07, 6.45) is 5.59. The summed E-state index contributed by atoms with van der Waals surface area (Å²) in [7, 11) is 0. The first kappa shape index (κ1) is 17.9. The van der Waals surface area contributed by atoms with Crippen molar-refractivity contribution in [2.45, 2.75) is 38.1 Å². The van der Waals surface area contributed by atoms with Gasteiger partial charge in [0.25, 0.3) is 0 Å². The second-order valence-electron chi connectivity index (χ2n) is 8.27. The number of hydrogen-bond donors (Lipinski definition) is 3. The summed E-state index contributed by atoms with van der Waals surface area (Å²) in [5, 5.41) is 10.7. The summed E-state index contributed by atoms with van der Waals surface area (Å²) in [4.78, 5) is 23.5. The quantitative estimate of drug-likeness (QED) is 0.625. The van der Waals surface area contributed by atoms with Crippen LogP contribution in [0.4, 0.5) is 23.1 Å². The van der Waals surface area contributed by atoms with E-state index >= 15 is 0 Å². The van der Waals surface area contributed by atoms with Crippen molar-refractivity contribution in [2.24, 2.45) is 5.73 Å². The van der Waals surface area contributed by atoms with E-state index in [1.54, 1.807) is 16.9 Å². The largest absolute Gasteiger partial charge is 0.352 e. The SMILES string of the molecule is CC1(C)C(=O)Nc2cc(Nc3nc4c(N5CCC[C@@H](N)C5)nccn4n3)ccc21. The molecule has 2 aliphatic rings. The van der Waals surface area contributed by atoms with Gasteiger partial charge >= 0.3 is 0 Å². The lowest BCUT2D eigenvalue weighted by molar-refractivity contribution is -0.119. The van der Waals surface area contributed by atoms with Gasteiger partial charge in [0.15, 0.2) is 11.5 Å². The maximum atomic E-state index is 12.2. The average Bonchev–Trinajstić information content (AvgIpc) is 3.19. The van der Waals surface area contributed by atoms with Crippen LogP contribution >= 0.6 is 0 Å². The van der Waals surface area contributed by atoms with Gasteiger partial charge in [0, 0.05) is 42.9 Å². The molecule has 1 atom stereocenters. The molecule has 2 aliphatic heterocycles. The third-order valence-electron chi connectivity index (χ3n) is 5.76. The maximum Gasteiger partial charge on any atom is 0.247 e. The molecule has 0 unspecified atom stereocenters. The molecule has 150 valence electrons. The molecular weight excluding hydrogens is 368 g/mol. The molecule has 1 amide bonds. The number of benzene rings is 1. The Morgan fingerprint density at radius 1 is 1.34 bits per heavy atom. The van der Waals surface area contributed by atoms with Crippen molar-refractivity contribution in [3.63, 3.8) is 0 Å². The zero-order valence-corrected chi connectivity index (χ0v) is 16.5. The molecular formula is C20H24N8O. The van der Waals surface area contributed by atoms with Crippen molar-refractivity contribution in [3.8, 4) is 0 Å². The fraction of sp³-hybridized carbons (Fsp3) is 0.400. The summed E-state index contributed by atoms with van der Waals surface area (Å²) >= 11 is 0. The van der Waals surface area contributed by atoms with Crippen LogP contribution in [0.2, 0.25) is 0 Å². The summed E-state index contributed by atoms with van der Waals surface area (Å²) in [5.74, 6) is 1.28. The molecule has 9 heteroatoms. The molecule has 1 aromatic carbocycles. The van der Waals surface area contributed by atoms with E-state index in [-0.39, 0.29) is 11.9 Å². The van der Waals surface area contributed by atoms with Gasteiger partial charge in [0.2, 0.25) is 11.9 Å². The van der Waals surface area contributed by atoms with Crippen LogP contribution in [-0.2, 0) is 10.2 Å². The summed E-state index contributed by atoms with van der Waals surface area (Å²) < 4.78 is 1.73. The Hall–Kier alpha value is -3.20. The van der Waals surface area contributed by atoms with Crippen molar-refractivity contribution in [1.82, 2.24) is 19.6 Å². The average molecular weight is 392 g/mol. The lowest BCUT2D eigenvalue weighted by Gasteiger charge is -2.31. The fourth-order valence-electron chi connectivity index (χ4n) is 4.08. The molecule has 0 aliphatic carbocycles. The topological polar surface area (TPSA) is 113 Å². The number of nitrogens with two attached hydrogens (primary N) is 1. The van der Waals surface area contributed by atoms with E-state index in [0.717, 1.165) is 48.7 Å². The Balaban J connectivity index is 1.44. The lowest BCUT2D eigenvalue weighted by Crippen LogP contribution is -2.43. The van der Waals surface area contributed by atoms with E-state index in [0.29, 0.717) is 11.6 Å². The number of anilines is 4. The van der Waals surface area contributed by atoms with Crippen LogP contribution in [0, 0.1) is 0 Å². The molecule has 0 saturated carbocycles. The first-order chi connectivity index (χ1) is 13.9. The number of nitrogens with one attached hydrogen (secondary N) is 2. The minimum atomic E-state index is -0.523. The Kier molecular flexibility index (Phi) is 3.95. The number of hydrogen-bond acceptors (Lipinski definition) is 7. The van der Waals surface area contributed by atoms with Gasteiger partial charge in [-0.25, -0.2) is 9.50 Å². The third-order valence-corrected chi connectivity index (χ3v) is 5.76. The number of nitrogens with zero attached hydrogens (tertiary/aromatic N) is 5. The van der Waals surface area contributed by atoms with Gasteiger partial charge in [-0.15, -0.1) is 5.10 Å². The standard InChI is InChI=1S/C20H24N8O/c1-20(2)14-6-5-13(10-15(14)24-18(20)29)23-19-25-17-16(22-7-9-28(17)26-19)27-8-3-4-12(21)11-27/h5-7,9-10,12H,3-4,8,11,21H2,1-2H3,(H,23,26)(H,24,29)/t12-/m1/s1. The minimum absolute atomic E-state index is 0.00552. The van der Waals surface area contributed by atoms with Gasteiger partial charge in [-0.05, 0) is 44.4 Å². The molecule has 29 heavy (non-hydrogen) atoms. The number of fused-ring (bicyclic) bond motifs is 2. The molecule has 0 bridgehead atoms. The van der Waals surface area contributed by atoms with Crippen molar-refractivity contribution >= 4 is 34.7 Å². The fourth-order valence-corrected chi connectivity index (χ4v) is 4.08. The zero-order chi connectivity index (χ0) is 20.2. The first-order valence-corrected chi connectivity index (χ1v) is 9.87. The van der Waals surface area contributed by atoms with E-state index in [1.807, 2.05) is 32.0 Å². The molecule has 3 aromatic rings. The molecule has 1 fully saturated rings. The lowest BCUT2D eigenvalue weighted by atomic mass is 9.86. The van der Waals surface area contributed by atoms with Crippen LogP contribution < -0.4 is 21.3 Å². The van der Waals surface area contributed by atoms with Gasteiger partial charge in [-0.1, -0.05) is 6.07 Å². The Morgan fingerprint density at radius 3 is 3.03 bits per heavy atom. The van der Waals surface area contributed by atoms with Crippen molar-refractivity contribution in [2.75, 3.05) is 28.6 Å². The smallest absolute Gasteiger partial charge is 0.247 e. The number of aromatic nitrogens is 4.